The summed E-state index contributed by atoms with van der Waals surface area (Å²) >= 11 is 8.36. The largest absolute Gasteiger partial charge is 0.139 e. The van der Waals surface area contributed by atoms with Gasteiger partial charge < -0.3 is 0 Å². The van der Waals surface area contributed by atoms with E-state index < -0.39 is 10.8 Å². The van der Waals surface area contributed by atoms with Gasteiger partial charge in [0.05, 0.1) is 25.5 Å². The maximum absolute atomic E-state index is 2.76. The van der Waals surface area contributed by atoms with Crippen LogP contribution in [0.25, 0.3) is 82.4 Å². The molecule has 2 aliphatic carbocycles. The van der Waals surface area contributed by atoms with Gasteiger partial charge in [-0.2, -0.15) is 0 Å². The molecule has 4 heterocycles. The minimum absolute atomic E-state index is 0.476. The molecule has 800 valence electrons. The van der Waals surface area contributed by atoms with E-state index in [1.54, 1.807) is 11.1 Å². The lowest BCUT2D eigenvalue weighted by atomic mass is 9.67. The summed E-state index contributed by atoms with van der Waals surface area (Å²) in [6.45, 7) is 18.8. The zero-order chi connectivity index (χ0) is 102. The van der Waals surface area contributed by atoms with Crippen molar-refractivity contribution in [3.05, 3.63) is 258 Å². The van der Waals surface area contributed by atoms with Gasteiger partial charge in [-0.1, -0.05) is 573 Å². The summed E-state index contributed by atoms with van der Waals surface area (Å²) in [4.78, 5) is 8.72. The van der Waals surface area contributed by atoms with Crippen molar-refractivity contribution in [2.45, 2.75) is 541 Å². The van der Waals surface area contributed by atoms with Gasteiger partial charge in [0.25, 0.3) is 0 Å². The topological polar surface area (TPSA) is 0 Å². The fourth-order valence-corrected chi connectivity index (χ4v) is 31.6. The third kappa shape index (κ3) is 31.3. The fourth-order valence-electron chi connectivity index (χ4n) is 26.4. The van der Waals surface area contributed by atoms with Gasteiger partial charge in [0, 0.05) is 24.0 Å². The van der Waals surface area contributed by atoms with Gasteiger partial charge in [-0.3, -0.25) is 0 Å². The first-order valence-corrected chi connectivity index (χ1v) is 66.5. The Bertz CT molecular complexity index is 5830. The Hall–Kier alpha value is -6.92. The monoisotopic (exact) mass is 2060 g/mol. The number of hydrogen-bond donors (Lipinski definition) is 0. The summed E-state index contributed by atoms with van der Waals surface area (Å²) in [6, 6.07) is 72.9. The number of hydrogen-bond acceptors (Lipinski definition) is 4. The quantitative estimate of drug-likeness (QED) is 0.0263. The number of thiophene rings is 4. The molecular weight excluding hydrogens is 1860 g/mol. The van der Waals surface area contributed by atoms with Crippen molar-refractivity contribution in [1.29, 1.82) is 0 Å². The van der Waals surface area contributed by atoms with Crippen LogP contribution in [0.15, 0.2) is 170 Å². The van der Waals surface area contributed by atoms with Crippen molar-refractivity contribution in [3.63, 3.8) is 0 Å². The van der Waals surface area contributed by atoms with Crippen LogP contribution in [0.1, 0.15) is 566 Å². The van der Waals surface area contributed by atoms with E-state index >= 15 is 0 Å². The number of benzene rings is 9. The molecule has 0 nitrogen and oxygen atoms in total. The fraction of sp³-hybridized carbons (Fsp3) is 0.583. The highest BCUT2D eigenvalue weighted by Crippen LogP contribution is 2.67. The highest BCUT2D eigenvalue weighted by Gasteiger charge is 2.52. The minimum atomic E-state index is -0.574. The summed E-state index contributed by atoms with van der Waals surface area (Å²) in [5.41, 5.74) is 22.6. The maximum Gasteiger partial charge on any atom is 0.0736 e. The molecule has 0 saturated heterocycles. The van der Waals surface area contributed by atoms with E-state index in [2.05, 4.69) is 259 Å². The Labute approximate surface area is 919 Å². The van der Waals surface area contributed by atoms with Gasteiger partial charge in [-0.25, -0.2) is 0 Å². The van der Waals surface area contributed by atoms with E-state index in [-0.39, 0.29) is 0 Å². The van der Waals surface area contributed by atoms with Gasteiger partial charge in [0.15, 0.2) is 0 Å². The minimum Gasteiger partial charge on any atom is -0.139 e. The van der Waals surface area contributed by atoms with Crippen LogP contribution < -0.4 is 0 Å². The first-order chi connectivity index (χ1) is 73.1. The average Bonchev–Trinajstić information content (AvgIpc) is 1.51. The molecule has 0 aliphatic heterocycles. The van der Waals surface area contributed by atoms with Crippen LogP contribution in [0, 0.1) is 13.8 Å². The Morgan fingerprint density at radius 1 is 0.189 bits per heavy atom. The molecule has 0 bridgehead atoms. The molecule has 13 aromatic rings. The zero-order valence-electron chi connectivity index (χ0n) is 95.1. The lowest BCUT2D eigenvalue weighted by molar-refractivity contribution is 0.535. The van der Waals surface area contributed by atoms with Crippen molar-refractivity contribution in [3.8, 4) is 29.9 Å². The second-order valence-electron chi connectivity index (χ2n) is 47.1. The predicted octanol–water partition coefficient (Wildman–Crippen LogP) is 48.6. The molecule has 0 saturated carbocycles. The zero-order valence-corrected chi connectivity index (χ0v) is 98.4. The number of rotatable bonds is 79. The lowest BCUT2D eigenvalue weighted by Gasteiger charge is -2.34. The third-order valence-corrected chi connectivity index (χ3v) is 40.0. The van der Waals surface area contributed by atoms with Crippen molar-refractivity contribution < 1.29 is 0 Å². The van der Waals surface area contributed by atoms with E-state index in [4.69, 9.17) is 0 Å². The van der Waals surface area contributed by atoms with Gasteiger partial charge in [0.2, 0.25) is 0 Å². The summed E-state index contributed by atoms with van der Waals surface area (Å²) in [5.74, 6) is 0. The Morgan fingerprint density at radius 3 is 0.730 bits per heavy atom. The van der Waals surface area contributed by atoms with Crippen molar-refractivity contribution in [2.75, 3.05) is 0 Å². The molecule has 0 unspecified atom stereocenters. The van der Waals surface area contributed by atoms with E-state index in [1.165, 1.54) is 596 Å². The summed E-state index contributed by atoms with van der Waals surface area (Å²) in [5, 5.41) is 11.5. The van der Waals surface area contributed by atoms with Gasteiger partial charge in [-0.15, -0.1) is 45.3 Å². The molecule has 0 N–H and O–H groups in total. The maximum atomic E-state index is 2.76. The Balaban J connectivity index is 0.801. The van der Waals surface area contributed by atoms with Crippen LogP contribution in [-0.4, -0.2) is 0 Å². The molecule has 0 radical (unpaired) electrons. The SMILES string of the molecule is CCCCCCCCCCCCCCCCc1ccc(C2(c3ccc(CCCCCCCCCCCCCCCC)cc3)c3cc(C)sc3-c3sc4cc5cc6c7c(sc6cc5cc4c32)-c2sc(-c3ccc4c(c3)c(CCCCCCCC)c(CCCCCCCC)c3cc(C)ccc34)cc2C7(c2ccc(CCCCCCCCCCCCCCCC)cc2)c2ccc(CCCCCCCCCCCCCCCC)cc2)cc1. The molecule has 2 aliphatic rings. The van der Waals surface area contributed by atoms with E-state index in [1.807, 2.05) is 11.3 Å². The summed E-state index contributed by atoms with van der Waals surface area (Å²) < 4.78 is 2.82. The molecule has 4 aromatic heterocycles. The van der Waals surface area contributed by atoms with Crippen LogP contribution in [-0.2, 0) is 49.4 Å². The normalized spacial score (nSPS) is 13.1. The van der Waals surface area contributed by atoms with Crippen LogP contribution >= 0.6 is 45.3 Å². The van der Waals surface area contributed by atoms with Crippen LogP contribution in [0.4, 0.5) is 0 Å². The van der Waals surface area contributed by atoms with Crippen LogP contribution in [0.2, 0.25) is 0 Å². The Morgan fingerprint density at radius 2 is 0.439 bits per heavy atom. The molecule has 4 heteroatoms. The smallest absolute Gasteiger partial charge is 0.0736 e. The molecule has 0 fully saturated rings. The van der Waals surface area contributed by atoms with Crippen LogP contribution in [0.5, 0.6) is 0 Å². The van der Waals surface area contributed by atoms with Gasteiger partial charge >= 0.3 is 0 Å². The number of fused-ring (bicyclic) bond motifs is 14. The van der Waals surface area contributed by atoms with Crippen molar-refractivity contribution >= 4 is 97.8 Å². The summed E-state index contributed by atoms with van der Waals surface area (Å²) in [7, 11) is 0. The second kappa shape index (κ2) is 63.2. The first-order valence-electron chi connectivity index (χ1n) is 63.2. The van der Waals surface area contributed by atoms with E-state index in [0.717, 1.165) is 38.5 Å². The number of aryl methyl sites for hydroxylation is 8. The molecule has 0 spiro atoms. The van der Waals surface area contributed by atoms with Gasteiger partial charge in [0.1, 0.15) is 0 Å². The third-order valence-electron chi connectivity index (χ3n) is 35.2. The second-order valence-corrected chi connectivity index (χ2v) is 51.5. The van der Waals surface area contributed by atoms with E-state index in [9.17, 15) is 0 Å². The average molecular weight is 2060 g/mol. The summed E-state index contributed by atoms with van der Waals surface area (Å²) in [6.07, 6.45) is 101. The molecule has 148 heavy (non-hydrogen) atoms. The van der Waals surface area contributed by atoms with Crippen molar-refractivity contribution in [2.24, 2.45) is 0 Å². The standard InChI is InChI=1S/C144H200S4/c1-9-15-21-27-33-37-41-45-49-53-57-61-65-71-77-113-84-93-120(94-85-113)143(121-95-86-114(87-96-121)78-72-66-62-58-54-50-46-42-38-34-28-22-16-10-2)132-104-112(8)145-139(132)141-137(143)130-106-118-109-136-131(107-119(118)108-135(130)147-141)138-142(148-136)140-133(110-134(146-140)117-92-102-127-126-101-83-111(7)103-128(126)124(81-75-69-31-25-19-13-5)125(129(127)105-117)82-76-70-32-26-20-14-6)144(138,122-97-88-115(89-98-122)79-73-67-63-59-55-51-47-43-39-35-29-23-17-11-3)123-99-90-116(91-100-123)80-74-68-64-60-56-52-48-44-40-36-30-24-18-12-4/h83-110H,9-82H2,1-8H3. The molecule has 0 atom stereocenters. The number of unbranched alkanes of at least 4 members (excludes halogenated alkanes) is 62. The molecular formula is C144H200S4. The van der Waals surface area contributed by atoms with E-state index in [0.29, 0.717) is 0 Å². The first kappa shape index (κ1) is 115. The molecule has 15 rings (SSSR count). The predicted molar refractivity (Wildman–Crippen MR) is 665 cm³/mol. The van der Waals surface area contributed by atoms with Crippen molar-refractivity contribution in [1.82, 2.24) is 0 Å². The highest BCUT2D eigenvalue weighted by atomic mass is 32.1. The molecule has 0 amide bonds. The van der Waals surface area contributed by atoms with Gasteiger partial charge in [-0.05, 0) is 260 Å². The highest BCUT2D eigenvalue weighted by molar-refractivity contribution is 7.28. The Kier molecular flexibility index (Phi) is 49.1. The van der Waals surface area contributed by atoms with Crippen LogP contribution in [0.3, 0.4) is 0 Å². The lowest BCUT2D eigenvalue weighted by Crippen LogP contribution is -2.28. The molecule has 9 aromatic carbocycles.